The molecule has 0 aromatic heterocycles. The molecule has 31 heavy (non-hydrogen) atoms. The molecular weight excluding hydrogens is 394 g/mol. The zero-order chi connectivity index (χ0) is 22.3. The average molecular weight is 426 g/mol. The van der Waals surface area contributed by atoms with E-state index >= 15 is 0 Å². The summed E-state index contributed by atoms with van der Waals surface area (Å²) in [6, 6.07) is 18.6. The zero-order valence-corrected chi connectivity index (χ0v) is 18.5. The average Bonchev–Trinajstić information content (AvgIpc) is 3.16. The number of nitrogens with zero attached hydrogens (tertiary/aromatic N) is 1. The summed E-state index contributed by atoms with van der Waals surface area (Å²) < 4.78 is 17.0. The van der Waals surface area contributed by atoms with Crippen LogP contribution in [0.15, 0.2) is 60.7 Å². The fraction of sp³-hybridized carbons (Fsp3) is 0.440. The molecule has 0 spiro atoms. The Morgan fingerprint density at radius 2 is 1.52 bits per heavy atom. The lowest BCUT2D eigenvalue weighted by molar-refractivity contribution is -0.152. The van der Waals surface area contributed by atoms with Crippen molar-refractivity contribution in [1.29, 1.82) is 0 Å². The first-order chi connectivity index (χ1) is 14.8. The number of amides is 1. The molecule has 0 unspecified atom stereocenters. The summed E-state index contributed by atoms with van der Waals surface area (Å²) in [6.07, 6.45) is 0.152. The molecule has 3 rings (SSSR count). The van der Waals surface area contributed by atoms with Crippen molar-refractivity contribution in [1.82, 2.24) is 4.90 Å². The van der Waals surface area contributed by atoms with Gasteiger partial charge in [-0.3, -0.25) is 4.90 Å². The van der Waals surface area contributed by atoms with Crippen LogP contribution in [0.3, 0.4) is 0 Å². The van der Waals surface area contributed by atoms with Gasteiger partial charge in [0.15, 0.2) is 0 Å². The van der Waals surface area contributed by atoms with Gasteiger partial charge in [-0.25, -0.2) is 9.59 Å². The Morgan fingerprint density at radius 1 is 0.935 bits per heavy atom. The Hall–Kier alpha value is -2.86. The molecule has 1 saturated heterocycles. The smallest absolute Gasteiger partial charge is 0.411 e. The maximum Gasteiger partial charge on any atom is 0.411 e. The molecule has 1 aliphatic rings. The molecule has 1 aliphatic heterocycles. The molecule has 1 heterocycles. The number of ether oxygens (including phenoxy) is 3. The Morgan fingerprint density at radius 3 is 2.10 bits per heavy atom. The van der Waals surface area contributed by atoms with E-state index in [0.717, 1.165) is 11.1 Å². The lowest BCUT2D eigenvalue weighted by Gasteiger charge is -2.29. The standard InChI is InChI=1S/C25H31NO5/c1-25(2,3)31-24(28)26-15-14-21(18-29-16-19-10-6-4-7-11-19)22(26)23(27)30-17-20-12-8-5-9-13-20/h4-13,21-22H,14-18H2,1-3H3/t21-,22-/m0/s1. The van der Waals surface area contributed by atoms with Crippen LogP contribution in [-0.2, 0) is 32.2 Å². The van der Waals surface area contributed by atoms with Crippen LogP contribution in [0.1, 0.15) is 38.3 Å². The van der Waals surface area contributed by atoms with Gasteiger partial charge in [-0.2, -0.15) is 0 Å². The first kappa shape index (κ1) is 22.8. The highest BCUT2D eigenvalue weighted by molar-refractivity contribution is 5.82. The Kier molecular flexibility index (Phi) is 7.69. The lowest BCUT2D eigenvalue weighted by Crippen LogP contribution is -2.47. The number of hydrogen-bond acceptors (Lipinski definition) is 5. The summed E-state index contributed by atoms with van der Waals surface area (Å²) in [6.45, 7) is 6.84. The molecule has 1 fully saturated rings. The molecule has 6 nitrogen and oxygen atoms in total. The summed E-state index contributed by atoms with van der Waals surface area (Å²) >= 11 is 0. The van der Waals surface area contributed by atoms with E-state index in [1.54, 1.807) is 0 Å². The summed E-state index contributed by atoms with van der Waals surface area (Å²) in [5.74, 6) is -0.583. The van der Waals surface area contributed by atoms with E-state index in [1.165, 1.54) is 4.90 Å². The van der Waals surface area contributed by atoms with Crippen LogP contribution in [0, 0.1) is 5.92 Å². The molecule has 0 aliphatic carbocycles. The summed E-state index contributed by atoms with van der Waals surface area (Å²) in [7, 11) is 0. The predicted molar refractivity (Wildman–Crippen MR) is 117 cm³/mol. The molecule has 2 atom stereocenters. The van der Waals surface area contributed by atoms with Crippen molar-refractivity contribution in [3.8, 4) is 0 Å². The number of hydrogen-bond donors (Lipinski definition) is 0. The first-order valence-electron chi connectivity index (χ1n) is 10.7. The maximum absolute atomic E-state index is 13.0. The Balaban J connectivity index is 1.66. The highest BCUT2D eigenvalue weighted by Crippen LogP contribution is 2.28. The molecule has 0 bridgehead atoms. The van der Waals surface area contributed by atoms with Crippen molar-refractivity contribution in [3.63, 3.8) is 0 Å². The molecule has 0 saturated carbocycles. The molecular formula is C25H31NO5. The van der Waals surface area contributed by atoms with E-state index in [9.17, 15) is 9.59 Å². The quantitative estimate of drug-likeness (QED) is 0.608. The van der Waals surface area contributed by atoms with Gasteiger partial charge in [-0.05, 0) is 38.3 Å². The van der Waals surface area contributed by atoms with Gasteiger partial charge >= 0.3 is 12.1 Å². The minimum atomic E-state index is -0.727. The van der Waals surface area contributed by atoms with Gasteiger partial charge in [-0.15, -0.1) is 0 Å². The number of carbonyl (C=O) groups excluding carboxylic acids is 2. The SMILES string of the molecule is CC(C)(C)OC(=O)N1CC[C@@H](COCc2ccccc2)[C@H]1C(=O)OCc1ccccc1. The van der Waals surface area contributed by atoms with Crippen LogP contribution in [0.25, 0.3) is 0 Å². The fourth-order valence-corrected chi connectivity index (χ4v) is 3.59. The van der Waals surface area contributed by atoms with Gasteiger partial charge in [-0.1, -0.05) is 60.7 Å². The van der Waals surface area contributed by atoms with Gasteiger partial charge in [0, 0.05) is 12.5 Å². The van der Waals surface area contributed by atoms with E-state index in [0.29, 0.717) is 26.2 Å². The lowest BCUT2D eigenvalue weighted by atomic mass is 10.0. The third kappa shape index (κ3) is 6.82. The molecule has 1 amide bonds. The molecule has 166 valence electrons. The summed E-state index contributed by atoms with van der Waals surface area (Å²) in [5, 5.41) is 0. The topological polar surface area (TPSA) is 65.1 Å². The van der Waals surface area contributed by atoms with Crippen LogP contribution < -0.4 is 0 Å². The van der Waals surface area contributed by atoms with Crippen molar-refractivity contribution in [2.45, 2.75) is 52.0 Å². The summed E-state index contributed by atoms with van der Waals surface area (Å²) in [4.78, 5) is 27.2. The molecule has 0 N–H and O–H groups in total. The minimum absolute atomic E-state index is 0.153. The fourth-order valence-electron chi connectivity index (χ4n) is 3.59. The van der Waals surface area contributed by atoms with E-state index < -0.39 is 23.7 Å². The van der Waals surface area contributed by atoms with Crippen LogP contribution in [0.2, 0.25) is 0 Å². The van der Waals surface area contributed by atoms with Crippen LogP contribution in [-0.4, -0.2) is 41.8 Å². The Labute approximate surface area is 184 Å². The summed E-state index contributed by atoms with van der Waals surface area (Å²) in [5.41, 5.74) is 1.32. The number of rotatable bonds is 7. The third-order valence-electron chi connectivity index (χ3n) is 5.06. The van der Waals surface area contributed by atoms with Crippen molar-refractivity contribution in [2.24, 2.45) is 5.92 Å². The third-order valence-corrected chi connectivity index (χ3v) is 5.06. The second kappa shape index (κ2) is 10.4. The van der Waals surface area contributed by atoms with E-state index in [1.807, 2.05) is 81.4 Å². The first-order valence-corrected chi connectivity index (χ1v) is 10.7. The monoisotopic (exact) mass is 425 g/mol. The molecule has 6 heteroatoms. The highest BCUT2D eigenvalue weighted by Gasteiger charge is 2.44. The van der Waals surface area contributed by atoms with Gasteiger partial charge in [0.25, 0.3) is 0 Å². The van der Waals surface area contributed by atoms with Gasteiger partial charge in [0.05, 0.1) is 13.2 Å². The van der Waals surface area contributed by atoms with Crippen molar-refractivity contribution >= 4 is 12.1 Å². The van der Waals surface area contributed by atoms with E-state index in [4.69, 9.17) is 14.2 Å². The van der Waals surface area contributed by atoms with Crippen LogP contribution in [0.4, 0.5) is 4.79 Å². The largest absolute Gasteiger partial charge is 0.459 e. The van der Waals surface area contributed by atoms with Crippen LogP contribution in [0.5, 0.6) is 0 Å². The van der Waals surface area contributed by atoms with Gasteiger partial charge < -0.3 is 14.2 Å². The van der Waals surface area contributed by atoms with Crippen molar-refractivity contribution in [3.05, 3.63) is 71.8 Å². The van der Waals surface area contributed by atoms with E-state index in [-0.39, 0.29) is 12.5 Å². The van der Waals surface area contributed by atoms with Crippen molar-refractivity contribution in [2.75, 3.05) is 13.2 Å². The van der Waals surface area contributed by atoms with Crippen molar-refractivity contribution < 1.29 is 23.8 Å². The molecule has 0 radical (unpaired) electrons. The predicted octanol–water partition coefficient (Wildman–Crippen LogP) is 4.57. The number of likely N-dealkylation sites (tertiary alicyclic amines) is 1. The molecule has 2 aromatic carbocycles. The van der Waals surface area contributed by atoms with E-state index in [2.05, 4.69) is 0 Å². The normalized spacial score (nSPS) is 18.6. The number of benzene rings is 2. The second-order valence-corrected chi connectivity index (χ2v) is 8.76. The minimum Gasteiger partial charge on any atom is -0.459 e. The Bertz CT molecular complexity index is 847. The molecule has 2 aromatic rings. The number of carbonyl (C=O) groups is 2. The zero-order valence-electron chi connectivity index (χ0n) is 18.5. The highest BCUT2D eigenvalue weighted by atomic mass is 16.6. The van der Waals surface area contributed by atoms with Gasteiger partial charge in [0.1, 0.15) is 18.2 Å². The van der Waals surface area contributed by atoms with Gasteiger partial charge in [0.2, 0.25) is 0 Å². The number of esters is 1. The van der Waals surface area contributed by atoms with Crippen LogP contribution >= 0.6 is 0 Å². The second-order valence-electron chi connectivity index (χ2n) is 8.76. The maximum atomic E-state index is 13.0.